The van der Waals surface area contributed by atoms with Crippen molar-refractivity contribution >= 4 is 63.2 Å². The minimum Gasteiger partial charge on any atom is -0.495 e. The fourth-order valence-electron chi connectivity index (χ4n) is 6.09. The lowest BCUT2D eigenvalue weighted by Crippen LogP contribution is -2.24. The van der Waals surface area contributed by atoms with Gasteiger partial charge in [-0.3, -0.25) is 19.0 Å². The summed E-state index contributed by atoms with van der Waals surface area (Å²) in [6.45, 7) is 3.47. The van der Waals surface area contributed by atoms with E-state index in [9.17, 15) is 14.4 Å². The van der Waals surface area contributed by atoms with Gasteiger partial charge in [0.2, 0.25) is 11.9 Å². The zero-order valence-corrected chi connectivity index (χ0v) is 34.7. The lowest BCUT2D eigenvalue weighted by molar-refractivity contribution is -0.114. The molecule has 5 aromatic rings. The van der Waals surface area contributed by atoms with Gasteiger partial charge in [-0.15, -0.1) is 0 Å². The van der Waals surface area contributed by atoms with Crippen LogP contribution in [0.25, 0.3) is 22.2 Å². The van der Waals surface area contributed by atoms with Crippen molar-refractivity contribution < 1.29 is 19.1 Å². The second kappa shape index (κ2) is 19.6. The topological polar surface area (TPSA) is 131 Å². The van der Waals surface area contributed by atoms with Gasteiger partial charge < -0.3 is 29.9 Å². The van der Waals surface area contributed by atoms with Gasteiger partial charge >= 0.3 is 0 Å². The molecule has 0 saturated heterocycles. The summed E-state index contributed by atoms with van der Waals surface area (Å²) in [5, 5.41) is 7.05. The molecule has 0 saturated carbocycles. The number of nitrogens with zero attached hydrogens (tertiary/aromatic N) is 5. The largest absolute Gasteiger partial charge is 0.495 e. The van der Waals surface area contributed by atoms with Crippen molar-refractivity contribution in [3.05, 3.63) is 122 Å². The number of carbonyl (C=O) groups excluding carboxylic acids is 2. The predicted molar refractivity (Wildman–Crippen MR) is 230 cm³/mol. The van der Waals surface area contributed by atoms with E-state index in [1.807, 2.05) is 93.5 Å². The standard InChI is InChI=1S/C43H47Cl2N7O5/c1-27-11-8-12-29(23-32(53)13-9-20-50(2)3)40(27)48-43-46-26-30-24-33(37-38(44)34(56-6)25-35(57-7)39(37)45)42(55)52(41(30)49-43)22-19-28-15-17-31(18-16-28)47-36(54)14-10-21-51(4)5/h8-18,24-26H,19-23H2,1-7H3,(H,47,54)(H,46,48,49)/b13-9+,14-10+. The first kappa shape index (κ1) is 42.6. The Kier molecular flexibility index (Phi) is 14.6. The first-order valence-electron chi connectivity index (χ1n) is 18.2. The van der Waals surface area contributed by atoms with Crippen LogP contribution in [-0.2, 0) is 29.0 Å². The summed E-state index contributed by atoms with van der Waals surface area (Å²) in [6, 6.07) is 16.4. The lowest BCUT2D eigenvalue weighted by Gasteiger charge is -2.18. The Labute approximate surface area is 342 Å². The van der Waals surface area contributed by atoms with Crippen molar-refractivity contribution in [3.63, 3.8) is 0 Å². The van der Waals surface area contributed by atoms with Gasteiger partial charge in [-0.1, -0.05) is 65.7 Å². The highest BCUT2D eigenvalue weighted by molar-refractivity contribution is 6.41. The number of nitrogens with one attached hydrogen (secondary N) is 2. The molecule has 12 nitrogen and oxygen atoms in total. The molecular weight excluding hydrogens is 765 g/mol. The fraction of sp³-hybridized carbons (Fsp3) is 0.279. The van der Waals surface area contributed by atoms with E-state index in [2.05, 4.69) is 15.6 Å². The summed E-state index contributed by atoms with van der Waals surface area (Å²) in [6.07, 6.45) is 8.98. The average Bonchev–Trinajstić information content (AvgIpc) is 3.16. The molecule has 2 heterocycles. The highest BCUT2D eigenvalue weighted by Gasteiger charge is 2.23. The van der Waals surface area contributed by atoms with E-state index < -0.39 is 5.56 Å². The number of carbonyl (C=O) groups is 2. The van der Waals surface area contributed by atoms with Crippen LogP contribution in [-0.4, -0.2) is 91.5 Å². The van der Waals surface area contributed by atoms with Gasteiger partial charge in [0.25, 0.3) is 5.56 Å². The van der Waals surface area contributed by atoms with Crippen molar-refractivity contribution in [2.24, 2.45) is 0 Å². The molecule has 1 amide bonds. The quantitative estimate of drug-likeness (QED) is 0.0919. The molecule has 0 aliphatic carbocycles. The number of pyridine rings is 1. The molecule has 2 N–H and O–H groups in total. The number of methoxy groups -OCH3 is 2. The van der Waals surface area contributed by atoms with E-state index in [0.29, 0.717) is 41.9 Å². The normalized spacial score (nSPS) is 11.6. The Morgan fingerprint density at radius 1 is 0.895 bits per heavy atom. The van der Waals surface area contributed by atoms with Gasteiger partial charge in [0, 0.05) is 66.7 Å². The minimum absolute atomic E-state index is 0.0370. The molecule has 0 unspecified atom stereocenters. The number of ketones is 1. The summed E-state index contributed by atoms with van der Waals surface area (Å²) < 4.78 is 12.6. The molecule has 0 spiro atoms. The van der Waals surface area contributed by atoms with Crippen LogP contribution < -0.4 is 25.7 Å². The average molecular weight is 813 g/mol. The van der Waals surface area contributed by atoms with Gasteiger partial charge in [0.05, 0.1) is 29.8 Å². The van der Waals surface area contributed by atoms with Crippen molar-refractivity contribution in [1.29, 1.82) is 0 Å². The summed E-state index contributed by atoms with van der Waals surface area (Å²) in [4.78, 5) is 53.3. The maximum Gasteiger partial charge on any atom is 0.260 e. The molecule has 0 aliphatic heterocycles. The van der Waals surface area contributed by atoms with Gasteiger partial charge in [-0.25, -0.2) is 4.98 Å². The van der Waals surface area contributed by atoms with Crippen molar-refractivity contribution in [2.45, 2.75) is 26.3 Å². The molecule has 0 radical (unpaired) electrons. The number of aryl methyl sites for hydroxylation is 3. The number of hydrogen-bond donors (Lipinski definition) is 2. The van der Waals surface area contributed by atoms with Crippen LogP contribution in [0.4, 0.5) is 17.3 Å². The maximum absolute atomic E-state index is 14.6. The van der Waals surface area contributed by atoms with Crippen LogP contribution >= 0.6 is 23.2 Å². The number of fused-ring (bicyclic) bond motifs is 1. The first-order chi connectivity index (χ1) is 27.3. The van der Waals surface area contributed by atoms with E-state index >= 15 is 0 Å². The second-order valence-electron chi connectivity index (χ2n) is 13.9. The van der Waals surface area contributed by atoms with Gasteiger partial charge in [-0.2, -0.15) is 4.98 Å². The van der Waals surface area contributed by atoms with E-state index in [1.54, 1.807) is 35.0 Å². The lowest BCUT2D eigenvalue weighted by atomic mass is 10.0. The zero-order chi connectivity index (χ0) is 41.2. The Bertz CT molecular complexity index is 2350. The van der Waals surface area contributed by atoms with E-state index in [4.69, 9.17) is 37.7 Å². The number of amides is 1. The molecule has 14 heteroatoms. The summed E-state index contributed by atoms with van der Waals surface area (Å²) in [5.41, 5.74) is 4.39. The molecule has 298 valence electrons. The van der Waals surface area contributed by atoms with Crippen LogP contribution in [0.2, 0.25) is 10.0 Å². The van der Waals surface area contributed by atoms with Crippen LogP contribution in [0, 0.1) is 6.92 Å². The van der Waals surface area contributed by atoms with E-state index in [-0.39, 0.29) is 63.3 Å². The van der Waals surface area contributed by atoms with E-state index in [0.717, 1.165) is 16.7 Å². The predicted octanol–water partition coefficient (Wildman–Crippen LogP) is 7.36. The summed E-state index contributed by atoms with van der Waals surface area (Å²) >= 11 is 13.6. The zero-order valence-electron chi connectivity index (χ0n) is 33.2. The summed E-state index contributed by atoms with van der Waals surface area (Å²) in [5.74, 6) is 0.557. The molecule has 5 rings (SSSR count). The smallest absolute Gasteiger partial charge is 0.260 e. The third-order valence-corrected chi connectivity index (χ3v) is 9.74. The number of benzene rings is 3. The molecule has 0 fully saturated rings. The SMILES string of the molecule is COc1cc(OC)c(Cl)c(-c2cc3cnc(Nc4c(C)cccc4CC(=O)/C=C/CN(C)C)nc3n(CCc3ccc(NC(=O)/C=C/CN(C)C)cc3)c2=O)c1Cl. The third kappa shape index (κ3) is 10.9. The molecule has 2 aromatic heterocycles. The number of halogens is 2. The highest BCUT2D eigenvalue weighted by Crippen LogP contribution is 2.45. The highest BCUT2D eigenvalue weighted by atomic mass is 35.5. The third-order valence-electron chi connectivity index (χ3n) is 8.99. The Hall–Kier alpha value is -5.53. The molecule has 57 heavy (non-hydrogen) atoms. The number of ether oxygens (including phenoxy) is 2. The summed E-state index contributed by atoms with van der Waals surface area (Å²) in [7, 11) is 10.7. The van der Waals surface area contributed by atoms with Crippen molar-refractivity contribution in [3.8, 4) is 22.6 Å². The number of aromatic nitrogens is 3. The maximum atomic E-state index is 14.6. The fourth-order valence-corrected chi connectivity index (χ4v) is 6.79. The molecule has 0 aliphatic rings. The van der Waals surface area contributed by atoms with Gasteiger partial charge in [0.15, 0.2) is 5.78 Å². The van der Waals surface area contributed by atoms with Gasteiger partial charge in [-0.05, 0) is 82.5 Å². The number of anilines is 3. The number of allylic oxidation sites excluding steroid dienone is 1. The second-order valence-corrected chi connectivity index (χ2v) is 14.7. The Morgan fingerprint density at radius 3 is 2.18 bits per heavy atom. The number of rotatable bonds is 17. The van der Waals surface area contributed by atoms with Gasteiger partial charge in [0.1, 0.15) is 17.1 Å². The van der Waals surface area contributed by atoms with Crippen molar-refractivity contribution in [2.75, 3.05) is 66.1 Å². The Morgan fingerprint density at radius 2 is 1.54 bits per heavy atom. The Balaban J connectivity index is 1.54. The van der Waals surface area contributed by atoms with Crippen LogP contribution in [0.3, 0.4) is 0 Å². The first-order valence-corrected chi connectivity index (χ1v) is 19.0. The van der Waals surface area contributed by atoms with Crippen LogP contribution in [0.5, 0.6) is 11.5 Å². The monoisotopic (exact) mass is 811 g/mol. The number of hydrogen-bond acceptors (Lipinski definition) is 10. The van der Waals surface area contributed by atoms with Crippen LogP contribution in [0.1, 0.15) is 16.7 Å². The van der Waals surface area contributed by atoms with Crippen molar-refractivity contribution in [1.82, 2.24) is 24.3 Å². The number of para-hydroxylation sites is 1. The molecule has 0 atom stereocenters. The molecule has 3 aromatic carbocycles. The minimum atomic E-state index is -0.397. The van der Waals surface area contributed by atoms with Crippen LogP contribution in [0.15, 0.2) is 89.9 Å². The number of likely N-dealkylation sites (N-methyl/N-ethyl adjacent to an activating group) is 2. The van der Waals surface area contributed by atoms with E-state index in [1.165, 1.54) is 20.3 Å². The molecular formula is C43H47Cl2N7O5. The molecule has 0 bridgehead atoms.